The number of hydrogen-bond acceptors (Lipinski definition) is 3. The lowest BCUT2D eigenvalue weighted by molar-refractivity contribution is -0.137. The summed E-state index contributed by atoms with van der Waals surface area (Å²) in [5, 5.41) is 4.22. The Labute approximate surface area is 166 Å². The first kappa shape index (κ1) is 19.2. The molecule has 0 bridgehead atoms. The Morgan fingerprint density at radius 2 is 1.96 bits per heavy atom. The van der Waals surface area contributed by atoms with Gasteiger partial charge in [0, 0.05) is 23.6 Å². The van der Waals surface area contributed by atoms with Gasteiger partial charge in [0.2, 0.25) is 5.91 Å². The lowest BCUT2D eigenvalue weighted by atomic mass is 9.79. The number of fused-ring (bicyclic) bond motifs is 1. The third-order valence-corrected chi connectivity index (χ3v) is 6.42. The van der Waals surface area contributed by atoms with Crippen LogP contribution in [0, 0.1) is 17.7 Å². The van der Waals surface area contributed by atoms with Crippen LogP contribution in [0.2, 0.25) is 0 Å². The molecule has 1 amide bonds. The van der Waals surface area contributed by atoms with Gasteiger partial charge < -0.3 is 9.42 Å². The lowest BCUT2D eigenvalue weighted by Gasteiger charge is -2.33. The van der Waals surface area contributed by atoms with E-state index in [2.05, 4.69) is 12.1 Å². The maximum absolute atomic E-state index is 13.2. The molecule has 4 nitrogen and oxygen atoms in total. The van der Waals surface area contributed by atoms with Gasteiger partial charge in [-0.2, -0.15) is 0 Å². The van der Waals surface area contributed by atoms with E-state index in [9.17, 15) is 9.18 Å². The predicted octanol–water partition coefficient (Wildman–Crippen LogP) is 5.36. The topological polar surface area (TPSA) is 46.3 Å². The summed E-state index contributed by atoms with van der Waals surface area (Å²) < 4.78 is 18.7. The summed E-state index contributed by atoms with van der Waals surface area (Å²) in [5.74, 6) is 1.71. The van der Waals surface area contributed by atoms with Gasteiger partial charge in [0.15, 0.2) is 5.76 Å². The Balaban J connectivity index is 1.38. The van der Waals surface area contributed by atoms with E-state index in [4.69, 9.17) is 4.52 Å². The second-order valence-electron chi connectivity index (χ2n) is 8.31. The molecule has 5 heteroatoms. The van der Waals surface area contributed by atoms with Gasteiger partial charge in [-0.05, 0) is 62.3 Å². The minimum absolute atomic E-state index is 0.169. The van der Waals surface area contributed by atoms with Crippen LogP contribution in [0.1, 0.15) is 63.1 Å². The van der Waals surface area contributed by atoms with Crippen molar-refractivity contribution in [2.45, 2.75) is 64.8 Å². The molecule has 28 heavy (non-hydrogen) atoms. The minimum Gasteiger partial charge on any atom is -0.356 e. The number of unbranched alkanes of at least 4 members (excludes halogenated alkanes) is 1. The van der Waals surface area contributed by atoms with Crippen LogP contribution in [0.5, 0.6) is 0 Å². The van der Waals surface area contributed by atoms with Crippen molar-refractivity contribution in [2.75, 3.05) is 6.54 Å². The minimum atomic E-state index is -0.265. The number of carbonyl (C=O) groups is 1. The molecule has 1 aromatic carbocycles. The molecule has 0 radical (unpaired) electrons. The summed E-state index contributed by atoms with van der Waals surface area (Å²) in [6.07, 6.45) is 9.04. The molecule has 1 aromatic heterocycles. The molecule has 1 aliphatic carbocycles. The number of nitrogens with zero attached hydrogens (tertiary/aromatic N) is 2. The van der Waals surface area contributed by atoms with Crippen molar-refractivity contribution < 1.29 is 13.7 Å². The number of aromatic nitrogens is 1. The molecule has 1 aliphatic heterocycles. The van der Waals surface area contributed by atoms with E-state index in [1.807, 2.05) is 4.90 Å². The van der Waals surface area contributed by atoms with Crippen molar-refractivity contribution in [3.63, 3.8) is 0 Å². The maximum Gasteiger partial charge on any atom is 0.226 e. The highest BCUT2D eigenvalue weighted by molar-refractivity contribution is 5.79. The molecule has 2 aromatic rings. The number of amides is 1. The second-order valence-corrected chi connectivity index (χ2v) is 8.31. The van der Waals surface area contributed by atoms with Crippen LogP contribution in [0.4, 0.5) is 4.39 Å². The highest BCUT2D eigenvalue weighted by atomic mass is 19.1. The van der Waals surface area contributed by atoms with E-state index < -0.39 is 0 Å². The van der Waals surface area contributed by atoms with E-state index in [1.165, 1.54) is 44.2 Å². The van der Waals surface area contributed by atoms with E-state index in [0.717, 1.165) is 42.0 Å². The molecule has 150 valence electrons. The van der Waals surface area contributed by atoms with Crippen molar-refractivity contribution in [3.8, 4) is 11.3 Å². The van der Waals surface area contributed by atoms with Crippen LogP contribution in [-0.2, 0) is 17.8 Å². The zero-order valence-electron chi connectivity index (χ0n) is 16.6. The molecule has 1 saturated carbocycles. The Morgan fingerprint density at radius 1 is 1.21 bits per heavy atom. The van der Waals surface area contributed by atoms with Crippen LogP contribution in [0.25, 0.3) is 11.3 Å². The summed E-state index contributed by atoms with van der Waals surface area (Å²) in [4.78, 5) is 15.0. The van der Waals surface area contributed by atoms with Gasteiger partial charge in [-0.25, -0.2) is 4.39 Å². The SMILES string of the molecule is CCCCC1CCC(C(=O)N2CCc3c(noc3-c3ccc(F)cc3)C2)CC1. The molecule has 0 atom stereocenters. The van der Waals surface area contributed by atoms with E-state index in [-0.39, 0.29) is 17.6 Å². The van der Waals surface area contributed by atoms with E-state index in [1.54, 1.807) is 12.1 Å². The molecule has 2 heterocycles. The third-order valence-electron chi connectivity index (χ3n) is 6.42. The van der Waals surface area contributed by atoms with E-state index in [0.29, 0.717) is 18.8 Å². The molecule has 0 saturated heterocycles. The number of carbonyl (C=O) groups excluding carboxylic acids is 1. The van der Waals surface area contributed by atoms with Gasteiger partial charge in [-0.15, -0.1) is 0 Å². The van der Waals surface area contributed by atoms with Crippen LogP contribution < -0.4 is 0 Å². The molecule has 0 unspecified atom stereocenters. The largest absolute Gasteiger partial charge is 0.356 e. The Morgan fingerprint density at radius 3 is 2.68 bits per heavy atom. The Hall–Kier alpha value is -2.17. The van der Waals surface area contributed by atoms with Crippen molar-refractivity contribution in [2.24, 2.45) is 11.8 Å². The first-order valence-electron chi connectivity index (χ1n) is 10.7. The van der Waals surface area contributed by atoms with Crippen LogP contribution in [-0.4, -0.2) is 22.5 Å². The first-order chi connectivity index (χ1) is 13.7. The first-order valence-corrected chi connectivity index (χ1v) is 10.7. The van der Waals surface area contributed by atoms with Crippen molar-refractivity contribution in [3.05, 3.63) is 41.3 Å². The molecular weight excluding hydrogens is 355 g/mol. The van der Waals surface area contributed by atoms with Crippen molar-refractivity contribution in [1.29, 1.82) is 0 Å². The average Bonchev–Trinajstić information content (AvgIpc) is 3.16. The molecule has 0 N–H and O–H groups in total. The maximum atomic E-state index is 13.2. The second kappa shape index (κ2) is 8.46. The van der Waals surface area contributed by atoms with Crippen molar-refractivity contribution in [1.82, 2.24) is 10.1 Å². The summed E-state index contributed by atoms with van der Waals surface area (Å²) in [6, 6.07) is 6.29. The van der Waals surface area contributed by atoms with Gasteiger partial charge in [-0.3, -0.25) is 4.79 Å². The van der Waals surface area contributed by atoms with Gasteiger partial charge in [0.1, 0.15) is 11.5 Å². The normalized spacial score (nSPS) is 22.1. The zero-order valence-corrected chi connectivity index (χ0v) is 16.6. The summed E-state index contributed by atoms with van der Waals surface area (Å²) >= 11 is 0. The van der Waals surface area contributed by atoms with Gasteiger partial charge in [0.25, 0.3) is 0 Å². The highest BCUT2D eigenvalue weighted by Gasteiger charge is 2.33. The average molecular weight is 384 g/mol. The van der Waals surface area contributed by atoms with Gasteiger partial charge in [0.05, 0.1) is 6.54 Å². The fourth-order valence-electron chi connectivity index (χ4n) is 4.70. The monoisotopic (exact) mass is 384 g/mol. The van der Waals surface area contributed by atoms with Gasteiger partial charge >= 0.3 is 0 Å². The fraction of sp³-hybridized carbons (Fsp3) is 0.565. The van der Waals surface area contributed by atoms with Gasteiger partial charge in [-0.1, -0.05) is 31.3 Å². The molecule has 0 spiro atoms. The number of rotatable bonds is 5. The van der Waals surface area contributed by atoms with Crippen molar-refractivity contribution >= 4 is 5.91 Å². The van der Waals surface area contributed by atoms with Crippen LogP contribution in [0.15, 0.2) is 28.8 Å². The highest BCUT2D eigenvalue weighted by Crippen LogP contribution is 2.35. The Kier molecular flexibility index (Phi) is 5.79. The lowest BCUT2D eigenvalue weighted by Crippen LogP contribution is -2.40. The fourth-order valence-corrected chi connectivity index (χ4v) is 4.70. The number of halogens is 1. The van der Waals surface area contributed by atoms with Crippen LogP contribution in [0.3, 0.4) is 0 Å². The summed E-state index contributed by atoms with van der Waals surface area (Å²) in [7, 11) is 0. The summed E-state index contributed by atoms with van der Waals surface area (Å²) in [6.45, 7) is 3.47. The quantitative estimate of drug-likeness (QED) is 0.697. The third kappa shape index (κ3) is 3.98. The van der Waals surface area contributed by atoms with Crippen LogP contribution >= 0.6 is 0 Å². The zero-order chi connectivity index (χ0) is 19.5. The molecule has 2 aliphatic rings. The Bertz CT molecular complexity index is 807. The standard InChI is InChI=1S/C23H29FN2O2/c1-2-3-4-16-5-7-18(8-6-16)23(27)26-14-13-20-21(15-26)25-28-22(20)17-9-11-19(24)12-10-17/h9-12,16,18H,2-8,13-15H2,1H3. The molecule has 4 rings (SSSR count). The summed E-state index contributed by atoms with van der Waals surface area (Å²) in [5.41, 5.74) is 2.73. The smallest absolute Gasteiger partial charge is 0.226 e. The molecule has 1 fully saturated rings. The number of hydrogen-bond donors (Lipinski definition) is 0. The predicted molar refractivity (Wildman–Crippen MR) is 106 cm³/mol. The molecular formula is C23H29FN2O2. The number of benzene rings is 1. The van der Waals surface area contributed by atoms with E-state index >= 15 is 0 Å².